The number of aldehydes is 1. The van der Waals surface area contributed by atoms with E-state index >= 15 is 0 Å². The lowest BCUT2D eigenvalue weighted by molar-refractivity contribution is -0.107. The fraction of sp³-hybridized carbons (Fsp3) is 0.109. The maximum atomic E-state index is 13.8. The highest BCUT2D eigenvalue weighted by atomic mass is 32.2. The van der Waals surface area contributed by atoms with Gasteiger partial charge < -0.3 is 23.7 Å². The largest absolute Gasteiger partial charge is 0.497 e. The van der Waals surface area contributed by atoms with Crippen LogP contribution in [0.4, 0.5) is 17.1 Å². The molecule has 1 unspecified atom stereocenters. The van der Waals surface area contributed by atoms with Crippen molar-refractivity contribution < 1.29 is 18.5 Å². The van der Waals surface area contributed by atoms with Gasteiger partial charge in [-0.3, -0.25) is 4.21 Å². The molecule has 53 heavy (non-hydrogen) atoms. The van der Waals surface area contributed by atoms with E-state index in [1.165, 1.54) is 27.6 Å². The van der Waals surface area contributed by atoms with Crippen molar-refractivity contribution in [3.63, 3.8) is 0 Å². The number of fused-ring (bicyclic) bond motifs is 8. The highest BCUT2D eigenvalue weighted by Crippen LogP contribution is 2.47. The maximum absolute atomic E-state index is 13.8. The Morgan fingerprint density at radius 2 is 1.23 bits per heavy atom. The monoisotopic (exact) mass is 710 g/mol. The highest BCUT2D eigenvalue weighted by Gasteiger charge is 2.33. The fourth-order valence-electron chi connectivity index (χ4n) is 8.39. The standard InChI is InChI=1S/C46H34N2O4S/c1-51-36-15-17-42-39(25-36)40-26-37(52-2)16-18-43(40)47(42)34-13-11-28-19-31-22-33-24-35(14-12-29(33)20-30(31)21-32(28)23-34)48-41-8-4-3-7-38(41)46(27-49)53(50)45-10-6-5-9-44(45)48/h3-18,20,22-27,46H,19,21H2,1-2H3/t46-,53?/m1/s1. The predicted molar refractivity (Wildman–Crippen MR) is 213 cm³/mol. The van der Waals surface area contributed by atoms with Crippen LogP contribution in [0.5, 0.6) is 11.5 Å². The molecule has 7 heteroatoms. The van der Waals surface area contributed by atoms with Gasteiger partial charge in [-0.1, -0.05) is 54.6 Å². The topological polar surface area (TPSA) is 60.8 Å². The first kappa shape index (κ1) is 31.5. The SMILES string of the molecule is COc1ccc2c(c1)c1cc(OC)ccc1n2-c1ccc2c(c1)Cc1cc3ccc(N4c5ccccc5[C@@H](C=O)S(=O)c5ccccc54)cc3cc1C2. The number of para-hydroxylation sites is 2. The molecule has 0 N–H and O–H groups in total. The van der Waals surface area contributed by atoms with Crippen LogP contribution in [0.15, 0.2) is 138 Å². The Labute approximate surface area is 309 Å². The lowest BCUT2D eigenvalue weighted by Crippen LogP contribution is -2.12. The van der Waals surface area contributed by atoms with Crippen LogP contribution >= 0.6 is 0 Å². The van der Waals surface area contributed by atoms with Crippen molar-refractivity contribution in [1.29, 1.82) is 0 Å². The number of carbonyl (C=O) groups excluding carboxylic acids is 1. The Kier molecular flexibility index (Phi) is 7.27. The summed E-state index contributed by atoms with van der Waals surface area (Å²) in [6, 6.07) is 46.1. The molecule has 1 aliphatic carbocycles. The number of hydrogen-bond donors (Lipinski definition) is 0. The van der Waals surface area contributed by atoms with Gasteiger partial charge in [-0.25, -0.2) is 0 Å². The Morgan fingerprint density at radius 1 is 0.604 bits per heavy atom. The average molecular weight is 711 g/mol. The third-order valence-corrected chi connectivity index (χ3v) is 12.6. The van der Waals surface area contributed by atoms with Gasteiger partial charge in [-0.15, -0.1) is 0 Å². The van der Waals surface area contributed by atoms with Gasteiger partial charge in [0.05, 0.1) is 52.3 Å². The summed E-state index contributed by atoms with van der Waals surface area (Å²) >= 11 is 0. The van der Waals surface area contributed by atoms with Crippen LogP contribution in [0.1, 0.15) is 33.1 Å². The Morgan fingerprint density at radius 3 is 1.94 bits per heavy atom. The van der Waals surface area contributed by atoms with Crippen LogP contribution in [-0.2, 0) is 28.4 Å². The molecule has 2 aliphatic rings. The van der Waals surface area contributed by atoms with Crippen molar-refractivity contribution in [3.8, 4) is 17.2 Å². The second kappa shape index (κ2) is 12.2. The molecular formula is C46H34N2O4S. The number of rotatable bonds is 5. The quantitative estimate of drug-likeness (QED) is 0.167. The summed E-state index contributed by atoms with van der Waals surface area (Å²) in [5.74, 6) is 1.65. The van der Waals surface area contributed by atoms with E-state index in [-0.39, 0.29) is 0 Å². The van der Waals surface area contributed by atoms with E-state index in [1.807, 2.05) is 60.7 Å². The first-order chi connectivity index (χ1) is 26.0. The molecule has 8 aromatic rings. The van der Waals surface area contributed by atoms with E-state index in [0.29, 0.717) is 4.90 Å². The van der Waals surface area contributed by atoms with Crippen LogP contribution < -0.4 is 14.4 Å². The maximum Gasteiger partial charge on any atom is 0.140 e. The van der Waals surface area contributed by atoms with E-state index < -0.39 is 16.0 Å². The molecule has 258 valence electrons. The molecule has 2 heterocycles. The van der Waals surface area contributed by atoms with Crippen molar-refractivity contribution in [1.82, 2.24) is 4.57 Å². The van der Waals surface area contributed by atoms with Gasteiger partial charge in [0.2, 0.25) is 0 Å². The molecule has 0 saturated carbocycles. The molecular weight excluding hydrogens is 677 g/mol. The second-order valence-electron chi connectivity index (χ2n) is 13.8. The summed E-state index contributed by atoms with van der Waals surface area (Å²) in [6.07, 6.45) is 2.52. The van der Waals surface area contributed by atoms with Crippen LogP contribution in [0.25, 0.3) is 38.3 Å². The minimum atomic E-state index is -1.53. The molecule has 1 aromatic heterocycles. The number of carbonyl (C=O) groups is 1. The molecule has 6 nitrogen and oxygen atoms in total. The molecule has 0 amide bonds. The van der Waals surface area contributed by atoms with Gasteiger partial charge in [0, 0.05) is 22.1 Å². The summed E-state index contributed by atoms with van der Waals surface area (Å²) < 4.78 is 27.3. The number of anilines is 3. The van der Waals surface area contributed by atoms with Crippen LogP contribution in [0.2, 0.25) is 0 Å². The average Bonchev–Trinajstić information content (AvgIpc) is 3.47. The molecule has 0 fully saturated rings. The van der Waals surface area contributed by atoms with E-state index in [1.54, 1.807) is 14.2 Å². The fourth-order valence-corrected chi connectivity index (χ4v) is 9.77. The van der Waals surface area contributed by atoms with E-state index in [9.17, 15) is 9.00 Å². The van der Waals surface area contributed by atoms with Gasteiger partial charge in [-0.05, 0) is 130 Å². The molecule has 0 saturated heterocycles. The summed E-state index contributed by atoms with van der Waals surface area (Å²) in [5, 5.41) is 3.81. The summed E-state index contributed by atoms with van der Waals surface area (Å²) in [5.41, 5.74) is 12.1. The Balaban J connectivity index is 1.05. The van der Waals surface area contributed by atoms with Crippen LogP contribution in [0.3, 0.4) is 0 Å². The molecule has 0 bridgehead atoms. The highest BCUT2D eigenvalue weighted by molar-refractivity contribution is 7.86. The number of ether oxygens (including phenoxy) is 2. The van der Waals surface area contributed by atoms with Crippen molar-refractivity contribution in [2.24, 2.45) is 0 Å². The van der Waals surface area contributed by atoms with Crippen LogP contribution in [-0.4, -0.2) is 29.3 Å². The van der Waals surface area contributed by atoms with E-state index in [0.717, 1.165) is 86.1 Å². The molecule has 7 aromatic carbocycles. The molecule has 0 radical (unpaired) electrons. The minimum Gasteiger partial charge on any atom is -0.497 e. The van der Waals surface area contributed by atoms with Gasteiger partial charge in [0.15, 0.2) is 0 Å². The molecule has 2 atom stereocenters. The lowest BCUT2D eigenvalue weighted by Gasteiger charge is -2.27. The zero-order valence-electron chi connectivity index (χ0n) is 29.2. The normalized spacial score (nSPS) is 16.1. The number of nitrogens with zero attached hydrogens (tertiary/aromatic N) is 2. The van der Waals surface area contributed by atoms with Crippen molar-refractivity contribution in [2.45, 2.75) is 23.0 Å². The smallest absolute Gasteiger partial charge is 0.140 e. The predicted octanol–water partition coefficient (Wildman–Crippen LogP) is 10.3. The summed E-state index contributed by atoms with van der Waals surface area (Å²) in [4.78, 5) is 15.2. The van der Waals surface area contributed by atoms with Gasteiger partial charge in [0.1, 0.15) is 23.0 Å². The summed E-state index contributed by atoms with van der Waals surface area (Å²) in [6.45, 7) is 0. The van der Waals surface area contributed by atoms with E-state index in [2.05, 4.69) is 82.3 Å². The Hall–Kier alpha value is -6.18. The van der Waals surface area contributed by atoms with Crippen molar-refractivity contribution in [3.05, 3.63) is 161 Å². The first-order valence-electron chi connectivity index (χ1n) is 17.7. The lowest BCUT2D eigenvalue weighted by atomic mass is 9.84. The van der Waals surface area contributed by atoms with Crippen molar-refractivity contribution >= 4 is 66.7 Å². The van der Waals surface area contributed by atoms with Gasteiger partial charge in [-0.2, -0.15) is 0 Å². The molecule has 1 aliphatic heterocycles. The van der Waals surface area contributed by atoms with E-state index in [4.69, 9.17) is 9.47 Å². The molecule has 10 rings (SSSR count). The van der Waals surface area contributed by atoms with Crippen molar-refractivity contribution in [2.75, 3.05) is 19.1 Å². The minimum absolute atomic E-state index is 0.655. The summed E-state index contributed by atoms with van der Waals surface area (Å²) in [7, 11) is 1.88. The first-order valence-corrected chi connectivity index (χ1v) is 18.9. The number of benzene rings is 7. The zero-order valence-corrected chi connectivity index (χ0v) is 30.0. The van der Waals surface area contributed by atoms with Gasteiger partial charge in [0.25, 0.3) is 0 Å². The number of methoxy groups -OCH3 is 2. The number of aromatic nitrogens is 1. The Bertz CT molecular complexity index is 2780. The third kappa shape index (κ3) is 4.91. The third-order valence-electron chi connectivity index (χ3n) is 11.0. The molecule has 0 spiro atoms. The van der Waals surface area contributed by atoms with Gasteiger partial charge >= 0.3 is 0 Å². The number of hydrogen-bond acceptors (Lipinski definition) is 5. The van der Waals surface area contributed by atoms with Crippen LogP contribution in [0, 0.1) is 0 Å². The second-order valence-corrected chi connectivity index (χ2v) is 15.3. The zero-order chi connectivity index (χ0) is 35.8.